The van der Waals surface area contributed by atoms with Gasteiger partial charge in [-0.25, -0.2) is 0 Å². The summed E-state index contributed by atoms with van der Waals surface area (Å²) >= 11 is 6.03. The molecule has 1 heterocycles. The van der Waals surface area contributed by atoms with Crippen molar-refractivity contribution in [3.05, 3.63) is 105 Å². The van der Waals surface area contributed by atoms with E-state index in [1.54, 1.807) is 24.3 Å². The third-order valence-corrected chi connectivity index (χ3v) is 5.38. The van der Waals surface area contributed by atoms with Crippen molar-refractivity contribution in [3.8, 4) is 0 Å². The van der Waals surface area contributed by atoms with E-state index in [0.717, 1.165) is 16.7 Å². The maximum Gasteiger partial charge on any atom is 0.257 e. The zero-order valence-corrected chi connectivity index (χ0v) is 16.0. The van der Waals surface area contributed by atoms with Crippen molar-refractivity contribution < 1.29 is 9.90 Å². The summed E-state index contributed by atoms with van der Waals surface area (Å²) in [6.07, 6.45) is 0. The summed E-state index contributed by atoms with van der Waals surface area (Å²) in [7, 11) is 0. The Kier molecular flexibility index (Phi) is 4.29. The molecule has 3 aromatic rings. The molecule has 0 radical (unpaired) electrons. The Balaban J connectivity index is 1.86. The van der Waals surface area contributed by atoms with Gasteiger partial charge in [0, 0.05) is 28.3 Å². The number of nitrogens with zero attached hydrogens (tertiary/aromatic N) is 1. The smallest absolute Gasteiger partial charge is 0.257 e. The second kappa shape index (κ2) is 6.52. The number of amides is 1. The lowest BCUT2D eigenvalue weighted by Gasteiger charge is -2.35. The normalized spacial score (nSPS) is 18.7. The summed E-state index contributed by atoms with van der Waals surface area (Å²) in [5, 5.41) is 12.4. The van der Waals surface area contributed by atoms with Crippen LogP contribution in [0.3, 0.4) is 0 Å². The monoisotopic (exact) mass is 377 g/mol. The van der Waals surface area contributed by atoms with Crippen LogP contribution in [0.2, 0.25) is 5.02 Å². The summed E-state index contributed by atoms with van der Waals surface area (Å²) < 4.78 is 0. The predicted molar refractivity (Wildman–Crippen MR) is 107 cm³/mol. The van der Waals surface area contributed by atoms with Gasteiger partial charge >= 0.3 is 0 Å². The predicted octanol–water partition coefficient (Wildman–Crippen LogP) is 4.81. The van der Waals surface area contributed by atoms with E-state index in [0.29, 0.717) is 28.3 Å². The van der Waals surface area contributed by atoms with E-state index in [1.807, 2.05) is 56.3 Å². The molecule has 1 atom stereocenters. The highest BCUT2D eigenvalue weighted by Crippen LogP contribution is 2.43. The van der Waals surface area contributed by atoms with Gasteiger partial charge in [0.1, 0.15) is 0 Å². The standard InChI is InChI=1S/C23H20ClNO2/c1-15-3-6-17(7-4-15)14-25-22(26)20-13-16(2)5-12-21(20)23(25,27)18-8-10-19(24)11-9-18/h3-13,27H,14H2,1-2H3. The molecule has 1 aliphatic rings. The van der Waals surface area contributed by atoms with Crippen LogP contribution in [0.4, 0.5) is 0 Å². The Hall–Kier alpha value is -2.62. The number of halogens is 1. The number of benzene rings is 3. The van der Waals surface area contributed by atoms with Crippen molar-refractivity contribution in [1.29, 1.82) is 0 Å². The lowest BCUT2D eigenvalue weighted by Crippen LogP contribution is -2.44. The van der Waals surface area contributed by atoms with Crippen molar-refractivity contribution in [1.82, 2.24) is 4.90 Å². The molecule has 4 heteroatoms. The second-order valence-electron chi connectivity index (χ2n) is 7.11. The summed E-state index contributed by atoms with van der Waals surface area (Å²) in [5.41, 5.74) is 3.33. The minimum absolute atomic E-state index is 0.174. The Bertz CT molecular complexity index is 1010. The third kappa shape index (κ3) is 2.93. The summed E-state index contributed by atoms with van der Waals surface area (Å²) in [6, 6.07) is 20.6. The Labute approximate surface area is 163 Å². The van der Waals surface area contributed by atoms with Crippen molar-refractivity contribution in [2.75, 3.05) is 0 Å². The van der Waals surface area contributed by atoms with Crippen LogP contribution < -0.4 is 0 Å². The molecule has 1 unspecified atom stereocenters. The van der Waals surface area contributed by atoms with Crippen LogP contribution in [0.5, 0.6) is 0 Å². The fourth-order valence-corrected chi connectivity index (χ4v) is 3.76. The van der Waals surface area contributed by atoms with E-state index in [9.17, 15) is 9.90 Å². The highest BCUT2D eigenvalue weighted by atomic mass is 35.5. The molecule has 1 N–H and O–H groups in total. The van der Waals surface area contributed by atoms with Gasteiger partial charge in [-0.15, -0.1) is 0 Å². The lowest BCUT2D eigenvalue weighted by atomic mass is 9.93. The molecular formula is C23H20ClNO2. The third-order valence-electron chi connectivity index (χ3n) is 5.12. The Morgan fingerprint density at radius 2 is 1.56 bits per heavy atom. The molecule has 0 aliphatic carbocycles. The van der Waals surface area contributed by atoms with Crippen LogP contribution in [0.1, 0.15) is 38.2 Å². The van der Waals surface area contributed by atoms with Gasteiger partial charge in [0.15, 0.2) is 5.72 Å². The Morgan fingerprint density at radius 1 is 0.926 bits per heavy atom. The van der Waals surface area contributed by atoms with E-state index < -0.39 is 5.72 Å². The molecule has 136 valence electrons. The van der Waals surface area contributed by atoms with Crippen LogP contribution in [-0.2, 0) is 12.3 Å². The van der Waals surface area contributed by atoms with Gasteiger partial charge in [-0.2, -0.15) is 0 Å². The molecule has 0 spiro atoms. The maximum absolute atomic E-state index is 13.2. The average molecular weight is 378 g/mol. The van der Waals surface area contributed by atoms with Crippen LogP contribution in [0.15, 0.2) is 66.7 Å². The lowest BCUT2D eigenvalue weighted by molar-refractivity contribution is -0.0542. The topological polar surface area (TPSA) is 40.5 Å². The van der Waals surface area contributed by atoms with Crippen LogP contribution in [-0.4, -0.2) is 15.9 Å². The van der Waals surface area contributed by atoms with E-state index in [4.69, 9.17) is 11.6 Å². The van der Waals surface area contributed by atoms with Gasteiger partial charge in [0.25, 0.3) is 5.91 Å². The molecule has 0 saturated heterocycles. The molecule has 0 aromatic heterocycles. The first-order valence-electron chi connectivity index (χ1n) is 8.86. The molecule has 0 saturated carbocycles. The first kappa shape index (κ1) is 17.8. The number of carbonyl (C=O) groups excluding carboxylic acids is 1. The van der Waals surface area contributed by atoms with Gasteiger partial charge in [-0.3, -0.25) is 9.69 Å². The first-order chi connectivity index (χ1) is 12.9. The van der Waals surface area contributed by atoms with E-state index in [1.165, 1.54) is 4.90 Å². The van der Waals surface area contributed by atoms with Gasteiger partial charge in [-0.05, 0) is 37.6 Å². The molecule has 3 aromatic carbocycles. The number of hydrogen-bond acceptors (Lipinski definition) is 2. The zero-order valence-electron chi connectivity index (χ0n) is 15.2. The van der Waals surface area contributed by atoms with Gasteiger partial charge in [0.05, 0.1) is 0 Å². The number of rotatable bonds is 3. The molecule has 0 bridgehead atoms. The molecule has 1 aliphatic heterocycles. The number of fused-ring (bicyclic) bond motifs is 1. The van der Waals surface area contributed by atoms with Crippen molar-refractivity contribution in [2.45, 2.75) is 26.1 Å². The highest BCUT2D eigenvalue weighted by Gasteiger charge is 2.49. The second-order valence-corrected chi connectivity index (χ2v) is 7.54. The largest absolute Gasteiger partial charge is 0.363 e. The van der Waals surface area contributed by atoms with Crippen molar-refractivity contribution in [2.24, 2.45) is 0 Å². The maximum atomic E-state index is 13.2. The molecule has 27 heavy (non-hydrogen) atoms. The van der Waals surface area contributed by atoms with Crippen LogP contribution in [0, 0.1) is 13.8 Å². The number of hydrogen-bond donors (Lipinski definition) is 1. The fraction of sp³-hybridized carbons (Fsp3) is 0.174. The quantitative estimate of drug-likeness (QED) is 0.711. The van der Waals surface area contributed by atoms with E-state index in [-0.39, 0.29) is 5.91 Å². The SMILES string of the molecule is Cc1ccc(CN2C(=O)c3cc(C)ccc3C2(O)c2ccc(Cl)cc2)cc1. The highest BCUT2D eigenvalue weighted by molar-refractivity contribution is 6.30. The van der Waals surface area contributed by atoms with Crippen molar-refractivity contribution in [3.63, 3.8) is 0 Å². The number of aliphatic hydroxyl groups is 1. The minimum atomic E-state index is -1.53. The summed E-state index contributed by atoms with van der Waals surface area (Å²) in [5.74, 6) is -0.174. The zero-order chi connectivity index (χ0) is 19.2. The van der Waals surface area contributed by atoms with E-state index >= 15 is 0 Å². The molecular weight excluding hydrogens is 358 g/mol. The van der Waals surface area contributed by atoms with E-state index in [2.05, 4.69) is 0 Å². The molecule has 4 rings (SSSR count). The number of carbonyl (C=O) groups is 1. The molecule has 3 nitrogen and oxygen atoms in total. The Morgan fingerprint density at radius 3 is 2.22 bits per heavy atom. The average Bonchev–Trinajstić information content (AvgIpc) is 2.86. The van der Waals surface area contributed by atoms with Gasteiger partial charge < -0.3 is 5.11 Å². The van der Waals surface area contributed by atoms with Gasteiger partial charge in [-0.1, -0.05) is 71.3 Å². The molecule has 0 fully saturated rings. The molecule has 1 amide bonds. The van der Waals surface area contributed by atoms with Crippen LogP contribution >= 0.6 is 11.6 Å². The van der Waals surface area contributed by atoms with Crippen molar-refractivity contribution >= 4 is 17.5 Å². The fourth-order valence-electron chi connectivity index (χ4n) is 3.63. The van der Waals surface area contributed by atoms with Crippen LogP contribution in [0.25, 0.3) is 0 Å². The summed E-state index contributed by atoms with van der Waals surface area (Å²) in [4.78, 5) is 14.7. The first-order valence-corrected chi connectivity index (χ1v) is 9.24. The summed E-state index contributed by atoms with van der Waals surface area (Å²) in [6.45, 7) is 4.27. The minimum Gasteiger partial charge on any atom is -0.363 e. The van der Waals surface area contributed by atoms with Gasteiger partial charge in [0.2, 0.25) is 0 Å². The number of aryl methyl sites for hydroxylation is 2.